The van der Waals surface area contributed by atoms with E-state index in [1.54, 1.807) is 7.11 Å². The quantitative estimate of drug-likeness (QED) is 0.460. The smallest absolute Gasteiger partial charge is 0.340 e. The van der Waals surface area contributed by atoms with Crippen molar-refractivity contribution >= 4 is 28.5 Å². The van der Waals surface area contributed by atoms with Crippen molar-refractivity contribution in [3.05, 3.63) is 70.9 Å². The van der Waals surface area contributed by atoms with Gasteiger partial charge in [0, 0.05) is 5.39 Å². The number of rotatable bonds is 4. The maximum atomic E-state index is 13.1. The number of esters is 1. The third-order valence-corrected chi connectivity index (χ3v) is 6.37. The first-order chi connectivity index (χ1) is 15.8. The Morgan fingerprint density at radius 2 is 1.88 bits per heavy atom. The fourth-order valence-electron chi connectivity index (χ4n) is 4.44. The molecule has 0 radical (unpaired) electrons. The van der Waals surface area contributed by atoms with E-state index in [2.05, 4.69) is 26.8 Å². The summed E-state index contributed by atoms with van der Waals surface area (Å²) in [6.45, 7) is 6.42. The van der Waals surface area contributed by atoms with Crippen LogP contribution < -0.4 is 4.74 Å². The number of aromatic nitrogens is 1. The highest BCUT2D eigenvalue weighted by molar-refractivity contribution is 6.06. The van der Waals surface area contributed by atoms with Gasteiger partial charge in [-0.05, 0) is 65.1 Å². The molecule has 3 aromatic rings. The minimum Gasteiger partial charge on any atom is -0.497 e. The number of ether oxygens (including phenoxy) is 2. The van der Waals surface area contributed by atoms with Gasteiger partial charge in [0.1, 0.15) is 11.8 Å². The number of para-hydroxylation sites is 1. The molecule has 0 saturated heterocycles. The van der Waals surface area contributed by atoms with Crippen molar-refractivity contribution in [3.63, 3.8) is 0 Å². The van der Waals surface area contributed by atoms with E-state index in [1.165, 1.54) is 0 Å². The summed E-state index contributed by atoms with van der Waals surface area (Å²) >= 11 is 0. The lowest BCUT2D eigenvalue weighted by Gasteiger charge is -2.36. The molecule has 1 atom stereocenters. The number of allylic oxidation sites excluding steroid dienone is 1. The van der Waals surface area contributed by atoms with Gasteiger partial charge in [0.15, 0.2) is 6.61 Å². The van der Waals surface area contributed by atoms with Gasteiger partial charge >= 0.3 is 5.97 Å². The predicted molar refractivity (Wildman–Crippen MR) is 130 cm³/mol. The number of fused-ring (bicyclic) bond motifs is 2. The summed E-state index contributed by atoms with van der Waals surface area (Å²) in [4.78, 5) is 18.1. The van der Waals surface area contributed by atoms with E-state index in [9.17, 15) is 4.79 Å². The molecular weight excluding hydrogens is 412 g/mol. The summed E-state index contributed by atoms with van der Waals surface area (Å²) in [7, 11) is 1.65. The Bertz CT molecular complexity index is 1260. The molecule has 0 spiro atoms. The van der Waals surface area contributed by atoms with Crippen LogP contribution in [0.25, 0.3) is 22.6 Å². The number of pyridine rings is 1. The zero-order valence-corrected chi connectivity index (χ0v) is 19.5. The van der Waals surface area contributed by atoms with Crippen LogP contribution in [0.5, 0.6) is 5.75 Å². The van der Waals surface area contributed by atoms with Crippen molar-refractivity contribution in [2.45, 2.75) is 33.6 Å². The Hall–Kier alpha value is -3.65. The number of carbonyl (C=O) groups is 1. The van der Waals surface area contributed by atoms with E-state index < -0.39 is 5.97 Å². The molecule has 5 nitrogen and oxygen atoms in total. The zero-order chi connectivity index (χ0) is 23.6. The van der Waals surface area contributed by atoms with Crippen LogP contribution in [0.2, 0.25) is 0 Å². The molecule has 0 bridgehead atoms. The first-order valence-corrected chi connectivity index (χ1v) is 11.1. The van der Waals surface area contributed by atoms with Crippen LogP contribution in [0.3, 0.4) is 0 Å². The Morgan fingerprint density at radius 1 is 1.15 bits per heavy atom. The Morgan fingerprint density at radius 3 is 2.55 bits per heavy atom. The average molecular weight is 441 g/mol. The molecule has 5 heteroatoms. The molecule has 1 aromatic heterocycles. The fraction of sp³-hybridized carbons (Fsp3) is 0.321. The number of hydrogen-bond acceptors (Lipinski definition) is 5. The maximum Gasteiger partial charge on any atom is 0.340 e. The predicted octanol–water partition coefficient (Wildman–Crippen LogP) is 6.07. The molecule has 0 amide bonds. The van der Waals surface area contributed by atoms with Gasteiger partial charge in [0.2, 0.25) is 0 Å². The van der Waals surface area contributed by atoms with Crippen molar-refractivity contribution in [1.29, 1.82) is 5.26 Å². The molecule has 1 aliphatic carbocycles. The Labute approximate surface area is 194 Å². The van der Waals surface area contributed by atoms with Crippen LogP contribution in [-0.4, -0.2) is 24.7 Å². The van der Waals surface area contributed by atoms with Crippen molar-refractivity contribution in [2.24, 2.45) is 11.3 Å². The number of nitriles is 1. The third-order valence-electron chi connectivity index (χ3n) is 6.37. The number of carbonyl (C=O) groups excluding carboxylic acids is 1. The molecule has 4 rings (SSSR count). The van der Waals surface area contributed by atoms with Gasteiger partial charge < -0.3 is 9.47 Å². The third kappa shape index (κ3) is 4.61. The molecule has 0 fully saturated rings. The zero-order valence-electron chi connectivity index (χ0n) is 19.5. The summed E-state index contributed by atoms with van der Waals surface area (Å²) < 4.78 is 10.6. The summed E-state index contributed by atoms with van der Waals surface area (Å²) in [6.07, 6.45) is 3.75. The summed E-state index contributed by atoms with van der Waals surface area (Å²) in [5, 5.41) is 9.71. The highest BCUT2D eigenvalue weighted by Gasteiger charge is 2.35. The summed E-state index contributed by atoms with van der Waals surface area (Å²) in [6, 6.07) is 17.5. The van der Waals surface area contributed by atoms with Crippen LogP contribution in [0.1, 0.15) is 54.4 Å². The first-order valence-electron chi connectivity index (χ1n) is 11.1. The normalized spacial score (nSPS) is 16.8. The first kappa shape index (κ1) is 22.5. The van der Waals surface area contributed by atoms with Gasteiger partial charge in [-0.3, -0.25) is 0 Å². The van der Waals surface area contributed by atoms with E-state index >= 15 is 0 Å². The lowest BCUT2D eigenvalue weighted by Crippen LogP contribution is -2.28. The molecule has 0 saturated carbocycles. The number of methoxy groups -OCH3 is 1. The number of benzene rings is 2. The molecule has 1 heterocycles. The van der Waals surface area contributed by atoms with Crippen molar-refractivity contribution in [3.8, 4) is 11.8 Å². The van der Waals surface area contributed by atoms with E-state index in [0.717, 1.165) is 51.9 Å². The Kier molecular flexibility index (Phi) is 6.20. The minimum atomic E-state index is -0.468. The highest BCUT2D eigenvalue weighted by Crippen LogP contribution is 2.44. The van der Waals surface area contributed by atoms with Crippen LogP contribution in [0, 0.1) is 22.7 Å². The second-order valence-corrected chi connectivity index (χ2v) is 9.48. The van der Waals surface area contributed by atoms with Crippen LogP contribution in [0.15, 0.2) is 48.5 Å². The van der Waals surface area contributed by atoms with Gasteiger partial charge in [0.05, 0.1) is 23.9 Å². The molecular formula is C28H28N2O3. The largest absolute Gasteiger partial charge is 0.497 e. The molecule has 1 aliphatic rings. The summed E-state index contributed by atoms with van der Waals surface area (Å²) in [5.41, 5.74) is 5.21. The van der Waals surface area contributed by atoms with Gasteiger partial charge in [-0.15, -0.1) is 0 Å². The van der Waals surface area contributed by atoms with Crippen LogP contribution >= 0.6 is 0 Å². The average Bonchev–Trinajstić information content (AvgIpc) is 2.81. The second kappa shape index (κ2) is 9.07. The Balaban J connectivity index is 1.94. The van der Waals surface area contributed by atoms with Gasteiger partial charge in [-0.1, -0.05) is 51.1 Å². The SMILES string of the molecule is COc1ccc(/C=C2/CC(C(C)(C)C)Cc3c2nc2ccccc2c3C(=O)OCC#N)cc1. The fourth-order valence-corrected chi connectivity index (χ4v) is 4.44. The molecule has 1 unspecified atom stereocenters. The minimum absolute atomic E-state index is 0.0379. The molecule has 33 heavy (non-hydrogen) atoms. The maximum absolute atomic E-state index is 13.1. The van der Waals surface area contributed by atoms with E-state index in [0.29, 0.717) is 11.5 Å². The van der Waals surface area contributed by atoms with Crippen molar-refractivity contribution in [2.75, 3.05) is 13.7 Å². The monoisotopic (exact) mass is 440 g/mol. The van der Waals surface area contributed by atoms with Gasteiger partial charge in [-0.25, -0.2) is 9.78 Å². The van der Waals surface area contributed by atoms with E-state index in [4.69, 9.17) is 19.7 Å². The number of nitrogens with zero attached hydrogens (tertiary/aromatic N) is 2. The van der Waals surface area contributed by atoms with Crippen LogP contribution in [0.4, 0.5) is 0 Å². The van der Waals surface area contributed by atoms with E-state index in [-0.39, 0.29) is 12.0 Å². The van der Waals surface area contributed by atoms with E-state index in [1.807, 2.05) is 54.6 Å². The molecule has 2 aromatic carbocycles. The molecule has 0 aliphatic heterocycles. The standard InChI is InChI=1S/C28H28N2O3/c1-28(2,3)20-16-19(15-18-9-11-21(32-4)12-10-18)26-23(17-20)25(27(31)33-14-13-29)22-7-5-6-8-24(22)30-26/h5-12,15,20H,14,16-17H2,1-4H3/b19-15-. The number of hydrogen-bond donors (Lipinski definition) is 0. The second-order valence-electron chi connectivity index (χ2n) is 9.48. The summed E-state index contributed by atoms with van der Waals surface area (Å²) in [5.74, 6) is 0.658. The van der Waals surface area contributed by atoms with Crippen molar-refractivity contribution < 1.29 is 14.3 Å². The van der Waals surface area contributed by atoms with Gasteiger partial charge in [-0.2, -0.15) is 5.26 Å². The van der Waals surface area contributed by atoms with Crippen molar-refractivity contribution in [1.82, 2.24) is 4.98 Å². The topological polar surface area (TPSA) is 72.2 Å². The lowest BCUT2D eigenvalue weighted by atomic mass is 9.69. The highest BCUT2D eigenvalue weighted by atomic mass is 16.5. The molecule has 168 valence electrons. The lowest BCUT2D eigenvalue weighted by molar-refractivity contribution is 0.0555. The van der Waals surface area contributed by atoms with Crippen LogP contribution in [-0.2, 0) is 11.2 Å². The van der Waals surface area contributed by atoms with Gasteiger partial charge in [0.25, 0.3) is 0 Å². The molecule has 0 N–H and O–H groups in total.